The first-order valence-electron chi connectivity index (χ1n) is 9.35. The van der Waals surface area contributed by atoms with Crippen LogP contribution in [0.1, 0.15) is 20.9 Å². The smallest absolute Gasteiger partial charge is 0.267 e. The van der Waals surface area contributed by atoms with Crippen molar-refractivity contribution in [1.29, 1.82) is 0 Å². The van der Waals surface area contributed by atoms with Gasteiger partial charge in [0, 0.05) is 50.5 Å². The summed E-state index contributed by atoms with van der Waals surface area (Å²) in [6, 6.07) is 7.62. The van der Waals surface area contributed by atoms with Gasteiger partial charge in [0.05, 0.1) is 17.0 Å². The van der Waals surface area contributed by atoms with Crippen LogP contribution in [0.25, 0.3) is 0 Å². The fourth-order valence-corrected chi connectivity index (χ4v) is 4.51. The summed E-state index contributed by atoms with van der Waals surface area (Å²) < 4.78 is 0. The first kappa shape index (κ1) is 19.7. The van der Waals surface area contributed by atoms with Crippen LogP contribution in [-0.4, -0.2) is 57.8 Å². The number of carbonyl (C=O) groups is 2. The number of pyridine rings is 1. The molecule has 4 heterocycles. The molecule has 0 atom stereocenters. The van der Waals surface area contributed by atoms with Crippen LogP contribution < -0.4 is 5.32 Å². The summed E-state index contributed by atoms with van der Waals surface area (Å²) in [7, 11) is 0. The van der Waals surface area contributed by atoms with Crippen molar-refractivity contribution >= 4 is 39.6 Å². The molecular formula is C20H21N5O2S2. The molecule has 150 valence electrons. The van der Waals surface area contributed by atoms with E-state index in [1.807, 2.05) is 34.0 Å². The number of carbonyl (C=O) groups excluding carboxylic acids is 2. The maximum atomic E-state index is 12.6. The van der Waals surface area contributed by atoms with E-state index < -0.39 is 0 Å². The molecule has 0 aromatic carbocycles. The number of nitrogens with one attached hydrogen (secondary N) is 1. The van der Waals surface area contributed by atoms with Gasteiger partial charge in [0.2, 0.25) is 5.91 Å². The zero-order chi connectivity index (χ0) is 20.1. The van der Waals surface area contributed by atoms with Gasteiger partial charge in [0.1, 0.15) is 0 Å². The number of anilines is 1. The number of hydrogen-bond acceptors (Lipinski definition) is 7. The predicted molar refractivity (Wildman–Crippen MR) is 114 cm³/mol. The molecule has 1 fully saturated rings. The number of thiazole rings is 1. The van der Waals surface area contributed by atoms with Crippen LogP contribution >= 0.6 is 22.7 Å². The molecule has 3 aromatic rings. The SMILES string of the molecule is O=C(Nc1nc(CC(=O)N2CCN(Cc3cccnc3)CC2)cs1)c1cccs1. The van der Waals surface area contributed by atoms with Gasteiger partial charge in [-0.15, -0.1) is 22.7 Å². The minimum atomic E-state index is -0.169. The van der Waals surface area contributed by atoms with E-state index in [0.29, 0.717) is 28.8 Å². The predicted octanol–water partition coefficient (Wildman–Crippen LogP) is 2.74. The van der Waals surface area contributed by atoms with Crippen molar-refractivity contribution in [3.63, 3.8) is 0 Å². The summed E-state index contributed by atoms with van der Waals surface area (Å²) >= 11 is 2.73. The maximum Gasteiger partial charge on any atom is 0.267 e. The second-order valence-electron chi connectivity index (χ2n) is 6.77. The number of piperazine rings is 1. The van der Waals surface area contributed by atoms with Crippen molar-refractivity contribution in [2.45, 2.75) is 13.0 Å². The average Bonchev–Trinajstić information content (AvgIpc) is 3.42. The highest BCUT2D eigenvalue weighted by molar-refractivity contribution is 7.14. The second kappa shape index (κ2) is 9.25. The van der Waals surface area contributed by atoms with Crippen molar-refractivity contribution in [1.82, 2.24) is 19.8 Å². The van der Waals surface area contributed by atoms with Gasteiger partial charge < -0.3 is 4.90 Å². The molecule has 1 N–H and O–H groups in total. The first-order valence-corrected chi connectivity index (χ1v) is 11.1. The topological polar surface area (TPSA) is 78.4 Å². The van der Waals surface area contributed by atoms with Gasteiger partial charge in [-0.05, 0) is 23.1 Å². The normalized spacial score (nSPS) is 14.7. The molecule has 3 aromatic heterocycles. The van der Waals surface area contributed by atoms with Crippen LogP contribution in [0.3, 0.4) is 0 Å². The Morgan fingerprint density at radius 3 is 2.69 bits per heavy atom. The summed E-state index contributed by atoms with van der Waals surface area (Å²) in [6.45, 7) is 3.98. The summed E-state index contributed by atoms with van der Waals surface area (Å²) in [5, 5.41) is 7.00. The number of amides is 2. The summed E-state index contributed by atoms with van der Waals surface area (Å²) in [5.74, 6) is -0.0931. The van der Waals surface area contributed by atoms with Crippen molar-refractivity contribution < 1.29 is 9.59 Å². The first-order chi connectivity index (χ1) is 14.2. The van der Waals surface area contributed by atoms with Crippen LogP contribution in [0, 0.1) is 0 Å². The van der Waals surface area contributed by atoms with E-state index >= 15 is 0 Å². The van der Waals surface area contributed by atoms with Gasteiger partial charge in [-0.25, -0.2) is 4.98 Å². The monoisotopic (exact) mass is 427 g/mol. The molecule has 4 rings (SSSR count). The van der Waals surface area contributed by atoms with E-state index in [4.69, 9.17) is 0 Å². The highest BCUT2D eigenvalue weighted by Crippen LogP contribution is 2.19. The summed E-state index contributed by atoms with van der Waals surface area (Å²) in [5.41, 5.74) is 1.88. The highest BCUT2D eigenvalue weighted by atomic mass is 32.1. The molecule has 1 saturated heterocycles. The van der Waals surface area contributed by atoms with Gasteiger partial charge in [0.15, 0.2) is 5.13 Å². The van der Waals surface area contributed by atoms with E-state index in [1.165, 1.54) is 28.2 Å². The molecule has 2 amide bonds. The van der Waals surface area contributed by atoms with Gasteiger partial charge in [-0.2, -0.15) is 0 Å². The van der Waals surface area contributed by atoms with Crippen LogP contribution in [0.4, 0.5) is 5.13 Å². The fourth-order valence-electron chi connectivity index (χ4n) is 3.18. The zero-order valence-corrected chi connectivity index (χ0v) is 17.4. The molecular weight excluding hydrogens is 406 g/mol. The Morgan fingerprint density at radius 1 is 1.10 bits per heavy atom. The van der Waals surface area contributed by atoms with Crippen molar-refractivity contribution in [2.24, 2.45) is 0 Å². The summed E-state index contributed by atoms with van der Waals surface area (Å²) in [4.78, 5) is 38.1. The number of nitrogens with zero attached hydrogens (tertiary/aromatic N) is 4. The van der Waals surface area contributed by atoms with E-state index in [9.17, 15) is 9.59 Å². The van der Waals surface area contributed by atoms with Crippen LogP contribution in [0.2, 0.25) is 0 Å². The maximum absolute atomic E-state index is 12.6. The number of aromatic nitrogens is 2. The lowest BCUT2D eigenvalue weighted by atomic mass is 10.2. The van der Waals surface area contributed by atoms with Crippen molar-refractivity contribution in [3.8, 4) is 0 Å². The second-order valence-corrected chi connectivity index (χ2v) is 8.58. The minimum Gasteiger partial charge on any atom is -0.340 e. The standard InChI is InChI=1S/C20H21N5O2S2/c26-18(25-8-6-24(7-9-25)13-15-3-1-5-21-12-15)11-16-14-29-20(22-16)23-19(27)17-4-2-10-28-17/h1-5,10,12,14H,6-9,11,13H2,(H,22,23,27). The molecule has 0 unspecified atom stereocenters. The van der Waals surface area contributed by atoms with Gasteiger partial charge in [-0.3, -0.25) is 24.8 Å². The quantitative estimate of drug-likeness (QED) is 0.654. The van der Waals surface area contributed by atoms with Gasteiger partial charge >= 0.3 is 0 Å². The molecule has 0 bridgehead atoms. The molecule has 1 aliphatic rings. The Bertz CT molecular complexity index is 950. The Balaban J connectivity index is 1.25. The van der Waals surface area contributed by atoms with E-state index in [-0.39, 0.29) is 18.2 Å². The van der Waals surface area contributed by atoms with Gasteiger partial charge in [-0.1, -0.05) is 12.1 Å². The van der Waals surface area contributed by atoms with E-state index in [0.717, 1.165) is 19.6 Å². The zero-order valence-electron chi connectivity index (χ0n) is 15.8. The molecule has 0 radical (unpaired) electrons. The molecule has 0 spiro atoms. The molecule has 1 aliphatic heterocycles. The lowest BCUT2D eigenvalue weighted by molar-refractivity contribution is -0.132. The highest BCUT2D eigenvalue weighted by Gasteiger charge is 2.22. The Hall–Kier alpha value is -2.62. The average molecular weight is 428 g/mol. The molecule has 9 heteroatoms. The third-order valence-electron chi connectivity index (χ3n) is 4.70. The third-order valence-corrected chi connectivity index (χ3v) is 6.38. The number of thiophene rings is 1. The molecule has 0 aliphatic carbocycles. The lowest BCUT2D eigenvalue weighted by Gasteiger charge is -2.34. The van der Waals surface area contributed by atoms with Crippen LogP contribution in [0.5, 0.6) is 0 Å². The van der Waals surface area contributed by atoms with Crippen LogP contribution in [0.15, 0.2) is 47.4 Å². The molecule has 7 nitrogen and oxygen atoms in total. The van der Waals surface area contributed by atoms with Crippen molar-refractivity contribution in [3.05, 3.63) is 63.6 Å². The Kier molecular flexibility index (Phi) is 6.28. The minimum absolute atomic E-state index is 0.0764. The van der Waals surface area contributed by atoms with Gasteiger partial charge in [0.25, 0.3) is 5.91 Å². The number of rotatable bonds is 6. The molecule has 29 heavy (non-hydrogen) atoms. The van der Waals surface area contributed by atoms with Crippen molar-refractivity contribution in [2.75, 3.05) is 31.5 Å². The molecule has 0 saturated carbocycles. The Morgan fingerprint density at radius 2 is 1.97 bits per heavy atom. The van der Waals surface area contributed by atoms with E-state index in [1.54, 1.807) is 12.3 Å². The third kappa shape index (κ3) is 5.26. The summed E-state index contributed by atoms with van der Waals surface area (Å²) in [6.07, 6.45) is 3.92. The lowest BCUT2D eigenvalue weighted by Crippen LogP contribution is -2.48. The van der Waals surface area contributed by atoms with Crippen LogP contribution in [-0.2, 0) is 17.8 Å². The fraction of sp³-hybridized carbons (Fsp3) is 0.300. The Labute approximate surface area is 177 Å². The van der Waals surface area contributed by atoms with E-state index in [2.05, 4.69) is 26.3 Å². The number of hydrogen-bond donors (Lipinski definition) is 1. The largest absolute Gasteiger partial charge is 0.340 e.